The SMILES string of the molecule is CCOC(=O)/C(C#N)=C/c1cc(I)c(OCc2ccccc2)c(OC)c1. The van der Waals surface area contributed by atoms with E-state index in [9.17, 15) is 4.79 Å². The summed E-state index contributed by atoms with van der Waals surface area (Å²) in [6, 6.07) is 15.2. The van der Waals surface area contributed by atoms with E-state index in [0.717, 1.165) is 9.13 Å². The summed E-state index contributed by atoms with van der Waals surface area (Å²) in [5.74, 6) is 0.498. The first-order chi connectivity index (χ1) is 12.6. The van der Waals surface area contributed by atoms with E-state index in [1.54, 1.807) is 20.1 Å². The number of nitriles is 1. The molecule has 0 unspecified atom stereocenters. The summed E-state index contributed by atoms with van der Waals surface area (Å²) < 4.78 is 17.0. The van der Waals surface area contributed by atoms with Gasteiger partial charge < -0.3 is 14.2 Å². The van der Waals surface area contributed by atoms with Crippen molar-refractivity contribution in [2.24, 2.45) is 0 Å². The summed E-state index contributed by atoms with van der Waals surface area (Å²) in [5, 5.41) is 9.17. The minimum atomic E-state index is -0.645. The Bertz CT molecular complexity index is 841. The molecule has 134 valence electrons. The highest BCUT2D eigenvalue weighted by Crippen LogP contribution is 2.35. The minimum absolute atomic E-state index is 0.0670. The quantitative estimate of drug-likeness (QED) is 0.264. The van der Waals surface area contributed by atoms with Crippen LogP contribution in [0.5, 0.6) is 11.5 Å². The van der Waals surface area contributed by atoms with E-state index in [1.165, 1.54) is 6.08 Å². The summed E-state index contributed by atoms with van der Waals surface area (Å²) >= 11 is 2.14. The van der Waals surface area contributed by atoms with E-state index in [-0.39, 0.29) is 12.2 Å². The molecule has 0 heterocycles. The Morgan fingerprint density at radius 1 is 1.27 bits per heavy atom. The zero-order chi connectivity index (χ0) is 18.9. The highest BCUT2D eigenvalue weighted by atomic mass is 127. The minimum Gasteiger partial charge on any atom is -0.493 e. The predicted molar refractivity (Wildman–Crippen MR) is 107 cm³/mol. The Hall–Kier alpha value is -2.53. The van der Waals surface area contributed by atoms with Crippen LogP contribution in [-0.2, 0) is 16.1 Å². The Balaban J connectivity index is 2.28. The molecule has 0 saturated heterocycles. The van der Waals surface area contributed by atoms with Crippen LogP contribution in [0.1, 0.15) is 18.1 Å². The number of halogens is 1. The molecule has 0 spiro atoms. The zero-order valence-electron chi connectivity index (χ0n) is 14.5. The summed E-state index contributed by atoms with van der Waals surface area (Å²) in [6.07, 6.45) is 1.48. The number of hydrogen-bond donors (Lipinski definition) is 0. The molecule has 0 aliphatic rings. The van der Waals surface area contributed by atoms with Crippen LogP contribution < -0.4 is 9.47 Å². The summed E-state index contributed by atoms with van der Waals surface area (Å²) in [6.45, 7) is 2.32. The molecule has 0 bridgehead atoms. The number of methoxy groups -OCH3 is 1. The van der Waals surface area contributed by atoms with Gasteiger partial charge in [0.1, 0.15) is 18.2 Å². The second-order valence-corrected chi connectivity index (χ2v) is 6.36. The van der Waals surface area contributed by atoms with Crippen molar-refractivity contribution in [1.82, 2.24) is 0 Å². The van der Waals surface area contributed by atoms with Gasteiger partial charge in [-0.25, -0.2) is 4.79 Å². The maximum atomic E-state index is 11.8. The molecule has 0 amide bonds. The van der Waals surface area contributed by atoms with Crippen molar-refractivity contribution in [3.8, 4) is 17.6 Å². The second kappa shape index (κ2) is 9.82. The average molecular weight is 463 g/mol. The standard InChI is InChI=1S/C20H18INO4/c1-3-25-20(23)16(12-22)9-15-10-17(21)19(18(11-15)24-2)26-13-14-7-5-4-6-8-14/h4-11H,3,13H2,1-2H3/b16-9+. The third kappa shape index (κ3) is 5.23. The molecular formula is C20H18INO4. The van der Waals surface area contributed by atoms with Crippen molar-refractivity contribution < 1.29 is 19.0 Å². The molecule has 0 N–H and O–H groups in total. The molecule has 0 atom stereocenters. The number of carbonyl (C=O) groups is 1. The van der Waals surface area contributed by atoms with Crippen LogP contribution in [-0.4, -0.2) is 19.7 Å². The number of ether oxygens (including phenoxy) is 3. The van der Waals surface area contributed by atoms with Gasteiger partial charge in [0.25, 0.3) is 0 Å². The van der Waals surface area contributed by atoms with Crippen LogP contribution in [0.3, 0.4) is 0 Å². The van der Waals surface area contributed by atoms with Gasteiger partial charge in [-0.05, 0) is 58.9 Å². The van der Waals surface area contributed by atoms with Crippen molar-refractivity contribution >= 4 is 34.6 Å². The fraction of sp³-hybridized carbons (Fsp3) is 0.200. The van der Waals surface area contributed by atoms with Crippen LogP contribution in [0.2, 0.25) is 0 Å². The molecule has 2 aromatic rings. The van der Waals surface area contributed by atoms with Gasteiger partial charge in [0.15, 0.2) is 11.5 Å². The van der Waals surface area contributed by atoms with Gasteiger partial charge in [-0.2, -0.15) is 5.26 Å². The van der Waals surface area contributed by atoms with Gasteiger partial charge in [0, 0.05) is 0 Å². The number of benzene rings is 2. The monoisotopic (exact) mass is 463 g/mol. The number of hydrogen-bond acceptors (Lipinski definition) is 5. The maximum Gasteiger partial charge on any atom is 0.348 e. The first kappa shape index (κ1) is 19.8. The first-order valence-corrected chi connectivity index (χ1v) is 9.00. The summed E-state index contributed by atoms with van der Waals surface area (Å²) in [7, 11) is 1.55. The van der Waals surface area contributed by atoms with E-state index in [0.29, 0.717) is 23.7 Å². The Labute approximate surface area is 166 Å². The summed E-state index contributed by atoms with van der Waals surface area (Å²) in [5.41, 5.74) is 1.63. The fourth-order valence-corrected chi connectivity index (χ4v) is 2.99. The van der Waals surface area contributed by atoms with Crippen LogP contribution >= 0.6 is 22.6 Å². The molecule has 26 heavy (non-hydrogen) atoms. The van der Waals surface area contributed by atoms with E-state index < -0.39 is 5.97 Å². The Morgan fingerprint density at radius 3 is 2.62 bits per heavy atom. The number of nitrogens with zero attached hydrogens (tertiary/aromatic N) is 1. The van der Waals surface area contributed by atoms with E-state index in [4.69, 9.17) is 19.5 Å². The van der Waals surface area contributed by atoms with Crippen molar-refractivity contribution in [1.29, 1.82) is 5.26 Å². The molecule has 0 aliphatic heterocycles. The largest absolute Gasteiger partial charge is 0.493 e. The fourth-order valence-electron chi connectivity index (χ4n) is 2.21. The number of carbonyl (C=O) groups excluding carboxylic acids is 1. The van der Waals surface area contributed by atoms with Crippen molar-refractivity contribution in [3.63, 3.8) is 0 Å². The van der Waals surface area contributed by atoms with E-state index in [1.807, 2.05) is 42.5 Å². The van der Waals surface area contributed by atoms with Gasteiger partial charge >= 0.3 is 5.97 Å². The predicted octanol–water partition coefficient (Wildman–Crippen LogP) is 4.35. The van der Waals surface area contributed by atoms with E-state index in [2.05, 4.69) is 22.6 Å². The highest BCUT2D eigenvalue weighted by Gasteiger charge is 2.14. The molecule has 2 rings (SSSR count). The maximum absolute atomic E-state index is 11.8. The van der Waals surface area contributed by atoms with Gasteiger partial charge in [-0.15, -0.1) is 0 Å². The smallest absolute Gasteiger partial charge is 0.348 e. The van der Waals surface area contributed by atoms with Crippen LogP contribution in [0, 0.1) is 14.9 Å². The highest BCUT2D eigenvalue weighted by molar-refractivity contribution is 14.1. The molecule has 6 heteroatoms. The van der Waals surface area contributed by atoms with Gasteiger partial charge in [-0.3, -0.25) is 0 Å². The molecule has 0 saturated carbocycles. The Kier molecular flexibility index (Phi) is 7.48. The third-order valence-corrected chi connectivity index (χ3v) is 4.21. The van der Waals surface area contributed by atoms with Crippen molar-refractivity contribution in [2.75, 3.05) is 13.7 Å². The number of rotatable bonds is 7. The average Bonchev–Trinajstić information content (AvgIpc) is 2.65. The molecule has 0 radical (unpaired) electrons. The van der Waals surface area contributed by atoms with Crippen LogP contribution in [0.15, 0.2) is 48.0 Å². The van der Waals surface area contributed by atoms with Gasteiger partial charge in [0.2, 0.25) is 0 Å². The molecule has 0 aliphatic carbocycles. The lowest BCUT2D eigenvalue weighted by atomic mass is 10.1. The first-order valence-electron chi connectivity index (χ1n) is 7.92. The third-order valence-electron chi connectivity index (χ3n) is 3.40. The van der Waals surface area contributed by atoms with Crippen molar-refractivity contribution in [3.05, 3.63) is 62.7 Å². The number of esters is 1. The molecule has 5 nitrogen and oxygen atoms in total. The van der Waals surface area contributed by atoms with Gasteiger partial charge in [-0.1, -0.05) is 30.3 Å². The molecule has 2 aromatic carbocycles. The second-order valence-electron chi connectivity index (χ2n) is 5.20. The van der Waals surface area contributed by atoms with Crippen LogP contribution in [0.25, 0.3) is 6.08 Å². The van der Waals surface area contributed by atoms with E-state index >= 15 is 0 Å². The van der Waals surface area contributed by atoms with Crippen LogP contribution in [0.4, 0.5) is 0 Å². The van der Waals surface area contributed by atoms with Crippen molar-refractivity contribution in [2.45, 2.75) is 13.5 Å². The molecular weight excluding hydrogens is 445 g/mol. The molecule has 0 fully saturated rings. The lowest BCUT2D eigenvalue weighted by Crippen LogP contribution is -2.06. The topological polar surface area (TPSA) is 68.6 Å². The Morgan fingerprint density at radius 2 is 2.00 bits per heavy atom. The molecule has 0 aromatic heterocycles. The lowest BCUT2D eigenvalue weighted by Gasteiger charge is -2.14. The van der Waals surface area contributed by atoms with Gasteiger partial charge in [0.05, 0.1) is 17.3 Å². The zero-order valence-corrected chi connectivity index (χ0v) is 16.6. The normalized spacial score (nSPS) is 10.8. The lowest BCUT2D eigenvalue weighted by molar-refractivity contribution is -0.137. The summed E-state index contributed by atoms with van der Waals surface area (Å²) in [4.78, 5) is 11.8.